The minimum atomic E-state index is -3.45. The van der Waals surface area contributed by atoms with Crippen LogP contribution >= 0.6 is 0 Å². The Morgan fingerprint density at radius 1 is 1.20 bits per heavy atom. The summed E-state index contributed by atoms with van der Waals surface area (Å²) in [5.41, 5.74) is 6.96. The van der Waals surface area contributed by atoms with E-state index in [-0.39, 0.29) is 6.04 Å². The molecule has 2 rings (SSSR count). The molecule has 4 nitrogen and oxygen atoms in total. The molecule has 5 heteroatoms. The van der Waals surface area contributed by atoms with Gasteiger partial charge in [0, 0.05) is 11.7 Å². The molecule has 1 aromatic carbocycles. The van der Waals surface area contributed by atoms with Gasteiger partial charge in [0.15, 0.2) is 0 Å². The Hall–Kier alpha value is -1.07. The molecular weight excluding hydrogens is 272 g/mol. The average Bonchev–Trinajstić information content (AvgIpc) is 2.53. The Balaban J connectivity index is 2.14. The third kappa shape index (κ3) is 3.73. The molecule has 0 radical (unpaired) electrons. The zero-order valence-electron chi connectivity index (χ0n) is 12.2. The third-order valence-corrected chi connectivity index (χ3v) is 5.75. The van der Waals surface area contributed by atoms with Crippen LogP contribution in [0.1, 0.15) is 44.6 Å². The summed E-state index contributed by atoms with van der Waals surface area (Å²) in [4.78, 5) is 0.337. The van der Waals surface area contributed by atoms with Gasteiger partial charge in [-0.25, -0.2) is 13.1 Å². The van der Waals surface area contributed by atoms with Crippen LogP contribution in [-0.4, -0.2) is 14.5 Å². The molecule has 1 aromatic rings. The summed E-state index contributed by atoms with van der Waals surface area (Å²) < 4.78 is 27.8. The van der Waals surface area contributed by atoms with Gasteiger partial charge in [-0.05, 0) is 55.9 Å². The highest BCUT2D eigenvalue weighted by Crippen LogP contribution is 2.25. The van der Waals surface area contributed by atoms with Gasteiger partial charge < -0.3 is 5.73 Å². The molecule has 0 saturated heterocycles. The van der Waals surface area contributed by atoms with E-state index in [2.05, 4.69) is 11.6 Å². The molecule has 112 valence electrons. The first kappa shape index (κ1) is 15.3. The minimum absolute atomic E-state index is 0.0573. The first-order chi connectivity index (χ1) is 9.38. The van der Waals surface area contributed by atoms with Gasteiger partial charge in [-0.1, -0.05) is 19.8 Å². The van der Waals surface area contributed by atoms with E-state index >= 15 is 0 Å². The monoisotopic (exact) mass is 296 g/mol. The fourth-order valence-electron chi connectivity index (χ4n) is 2.86. The van der Waals surface area contributed by atoms with Crippen LogP contribution in [0.15, 0.2) is 23.1 Å². The Bertz CT molecular complexity index is 569. The first-order valence-electron chi connectivity index (χ1n) is 7.27. The maximum absolute atomic E-state index is 12.5. The maximum Gasteiger partial charge on any atom is 0.241 e. The summed E-state index contributed by atoms with van der Waals surface area (Å²) in [6.07, 6.45) is 5.23. The van der Waals surface area contributed by atoms with E-state index in [1.165, 1.54) is 6.42 Å². The molecule has 0 aromatic heterocycles. The first-order valence-corrected chi connectivity index (χ1v) is 8.75. The second kappa shape index (κ2) is 6.14. The lowest BCUT2D eigenvalue weighted by molar-refractivity contribution is 0.484. The van der Waals surface area contributed by atoms with E-state index in [0.717, 1.165) is 25.7 Å². The van der Waals surface area contributed by atoms with Crippen molar-refractivity contribution in [3.05, 3.63) is 23.8 Å². The Morgan fingerprint density at radius 2 is 1.95 bits per heavy atom. The molecule has 0 amide bonds. The smallest absolute Gasteiger partial charge is 0.241 e. The van der Waals surface area contributed by atoms with Crippen molar-refractivity contribution in [1.29, 1.82) is 0 Å². The molecule has 2 unspecified atom stereocenters. The highest BCUT2D eigenvalue weighted by molar-refractivity contribution is 7.89. The molecule has 2 atom stereocenters. The van der Waals surface area contributed by atoms with Crippen molar-refractivity contribution in [2.24, 2.45) is 5.92 Å². The van der Waals surface area contributed by atoms with Crippen LogP contribution in [0, 0.1) is 12.8 Å². The number of hydrogen-bond donors (Lipinski definition) is 2. The molecule has 20 heavy (non-hydrogen) atoms. The molecule has 0 spiro atoms. The Morgan fingerprint density at radius 3 is 2.65 bits per heavy atom. The van der Waals surface area contributed by atoms with Crippen LogP contribution in [0.5, 0.6) is 0 Å². The van der Waals surface area contributed by atoms with Crippen molar-refractivity contribution >= 4 is 15.7 Å². The van der Waals surface area contributed by atoms with Gasteiger partial charge in [-0.2, -0.15) is 0 Å². The van der Waals surface area contributed by atoms with Crippen LogP contribution in [-0.2, 0) is 10.0 Å². The number of anilines is 1. The van der Waals surface area contributed by atoms with Crippen LogP contribution in [0.25, 0.3) is 0 Å². The lowest BCUT2D eigenvalue weighted by Gasteiger charge is -2.17. The van der Waals surface area contributed by atoms with Gasteiger partial charge >= 0.3 is 0 Å². The third-order valence-electron chi connectivity index (χ3n) is 4.07. The number of rotatable bonds is 3. The molecule has 1 aliphatic rings. The van der Waals surface area contributed by atoms with E-state index in [1.807, 2.05) is 0 Å². The Labute approximate surface area is 121 Å². The lowest BCUT2D eigenvalue weighted by atomic mass is 10.0. The van der Waals surface area contributed by atoms with Gasteiger partial charge in [-0.15, -0.1) is 0 Å². The predicted molar refractivity (Wildman–Crippen MR) is 81.9 cm³/mol. The zero-order valence-corrected chi connectivity index (χ0v) is 13.0. The summed E-state index contributed by atoms with van der Waals surface area (Å²) >= 11 is 0. The van der Waals surface area contributed by atoms with Gasteiger partial charge in [-0.3, -0.25) is 0 Å². The van der Waals surface area contributed by atoms with Crippen molar-refractivity contribution < 1.29 is 8.42 Å². The molecular formula is C15H24N2O2S. The van der Waals surface area contributed by atoms with Crippen LogP contribution in [0.3, 0.4) is 0 Å². The highest BCUT2D eigenvalue weighted by atomic mass is 32.2. The molecule has 0 heterocycles. The number of aryl methyl sites for hydroxylation is 1. The SMILES string of the molecule is Cc1cc(N)ccc1S(=O)(=O)NC1CCCC(C)CC1. The molecule has 1 aliphatic carbocycles. The predicted octanol–water partition coefficient (Wildman–Crippen LogP) is 2.82. The van der Waals surface area contributed by atoms with E-state index < -0.39 is 10.0 Å². The van der Waals surface area contributed by atoms with Gasteiger partial charge in [0.25, 0.3) is 0 Å². The van der Waals surface area contributed by atoms with Crippen molar-refractivity contribution in [3.8, 4) is 0 Å². The maximum atomic E-state index is 12.5. The van der Waals surface area contributed by atoms with Crippen molar-refractivity contribution in [1.82, 2.24) is 4.72 Å². The van der Waals surface area contributed by atoms with E-state index in [9.17, 15) is 8.42 Å². The van der Waals surface area contributed by atoms with Crippen molar-refractivity contribution in [3.63, 3.8) is 0 Å². The number of benzene rings is 1. The molecule has 1 fully saturated rings. The van der Waals surface area contributed by atoms with Crippen LogP contribution in [0.2, 0.25) is 0 Å². The summed E-state index contributed by atoms with van der Waals surface area (Å²) in [5, 5.41) is 0. The van der Waals surface area contributed by atoms with Crippen LogP contribution in [0.4, 0.5) is 5.69 Å². The second-order valence-corrected chi connectivity index (χ2v) is 7.64. The van der Waals surface area contributed by atoms with E-state index in [0.29, 0.717) is 22.1 Å². The summed E-state index contributed by atoms with van der Waals surface area (Å²) in [7, 11) is -3.45. The quantitative estimate of drug-likeness (QED) is 0.665. The summed E-state index contributed by atoms with van der Waals surface area (Å²) in [6.45, 7) is 4.01. The number of sulfonamides is 1. The number of nitrogen functional groups attached to an aromatic ring is 1. The molecule has 0 bridgehead atoms. The summed E-state index contributed by atoms with van der Waals surface area (Å²) in [6, 6.07) is 4.98. The van der Waals surface area contributed by atoms with Gasteiger partial charge in [0.05, 0.1) is 4.90 Å². The fourth-order valence-corrected chi connectivity index (χ4v) is 4.39. The van der Waals surface area contributed by atoms with E-state index in [1.54, 1.807) is 25.1 Å². The molecule has 0 aliphatic heterocycles. The summed E-state index contributed by atoms with van der Waals surface area (Å²) in [5.74, 6) is 0.697. The fraction of sp³-hybridized carbons (Fsp3) is 0.600. The van der Waals surface area contributed by atoms with Gasteiger partial charge in [0.2, 0.25) is 10.0 Å². The zero-order chi connectivity index (χ0) is 14.8. The topological polar surface area (TPSA) is 72.2 Å². The number of nitrogens with one attached hydrogen (secondary N) is 1. The molecule has 3 N–H and O–H groups in total. The van der Waals surface area contributed by atoms with Crippen LogP contribution < -0.4 is 10.5 Å². The van der Waals surface area contributed by atoms with Crippen molar-refractivity contribution in [2.45, 2.75) is 56.9 Å². The van der Waals surface area contributed by atoms with E-state index in [4.69, 9.17) is 5.73 Å². The highest BCUT2D eigenvalue weighted by Gasteiger charge is 2.23. The Kier molecular flexibility index (Phi) is 4.70. The second-order valence-electron chi connectivity index (χ2n) is 5.96. The van der Waals surface area contributed by atoms with Gasteiger partial charge in [0.1, 0.15) is 0 Å². The van der Waals surface area contributed by atoms with Crippen molar-refractivity contribution in [2.75, 3.05) is 5.73 Å². The number of nitrogens with two attached hydrogens (primary N) is 1. The largest absolute Gasteiger partial charge is 0.399 e. The minimum Gasteiger partial charge on any atom is -0.399 e. The normalized spacial score (nSPS) is 24.3. The lowest BCUT2D eigenvalue weighted by Crippen LogP contribution is -2.34. The number of hydrogen-bond acceptors (Lipinski definition) is 3. The average molecular weight is 296 g/mol. The molecule has 1 saturated carbocycles. The standard InChI is InChI=1S/C15H24N2O2S/c1-11-4-3-5-14(8-6-11)17-20(18,19)15-9-7-13(16)10-12(15)2/h7,9-11,14,17H,3-6,8,16H2,1-2H3.